The van der Waals surface area contributed by atoms with E-state index < -0.39 is 0 Å². The molecular weight excluding hydrogens is 442 g/mol. The Hall–Kier alpha value is -3.03. The fraction of sp³-hybridized carbons (Fsp3) is 0.360. The Balaban J connectivity index is 1.79. The molecule has 0 fully saturated rings. The van der Waals surface area contributed by atoms with Crippen molar-refractivity contribution in [1.82, 2.24) is 15.1 Å². The van der Waals surface area contributed by atoms with Crippen LogP contribution >= 0.6 is 11.6 Å². The summed E-state index contributed by atoms with van der Waals surface area (Å²) in [6.07, 6.45) is 1.62. The first-order valence-electron chi connectivity index (χ1n) is 11.0. The van der Waals surface area contributed by atoms with Crippen LogP contribution < -0.4 is 9.47 Å². The summed E-state index contributed by atoms with van der Waals surface area (Å²) in [5.41, 5.74) is 3.91. The molecule has 7 nitrogen and oxygen atoms in total. The number of nitrogens with zero attached hydrogens (tertiary/aromatic N) is 2. The van der Waals surface area contributed by atoms with Crippen molar-refractivity contribution < 1.29 is 19.0 Å². The summed E-state index contributed by atoms with van der Waals surface area (Å²) in [5.74, 6) is 1.24. The summed E-state index contributed by atoms with van der Waals surface area (Å²) in [7, 11) is 3.28. The lowest BCUT2D eigenvalue weighted by molar-refractivity contribution is 0.0723. The molecule has 0 spiro atoms. The summed E-state index contributed by atoms with van der Waals surface area (Å²) in [6, 6.07) is 13.0. The van der Waals surface area contributed by atoms with Crippen LogP contribution in [-0.2, 0) is 4.74 Å². The van der Waals surface area contributed by atoms with Crippen molar-refractivity contribution in [3.05, 3.63) is 64.3 Å². The molecule has 1 N–H and O–H groups in total. The van der Waals surface area contributed by atoms with Crippen LogP contribution in [0.15, 0.2) is 42.5 Å². The number of H-pyrrole nitrogens is 1. The van der Waals surface area contributed by atoms with Gasteiger partial charge in [-0.3, -0.25) is 9.89 Å². The highest BCUT2D eigenvalue weighted by atomic mass is 35.5. The van der Waals surface area contributed by atoms with Crippen LogP contribution in [0, 0.1) is 0 Å². The topological polar surface area (TPSA) is 76.7 Å². The average molecular weight is 470 g/mol. The highest BCUT2D eigenvalue weighted by Crippen LogP contribution is 2.44. The minimum atomic E-state index is -0.317. The maximum Gasteiger partial charge on any atom is 0.273 e. The van der Waals surface area contributed by atoms with Gasteiger partial charge in [0, 0.05) is 36.4 Å². The van der Waals surface area contributed by atoms with Crippen molar-refractivity contribution >= 4 is 17.5 Å². The van der Waals surface area contributed by atoms with Gasteiger partial charge in [0.15, 0.2) is 11.5 Å². The number of aromatic amines is 1. The summed E-state index contributed by atoms with van der Waals surface area (Å²) in [4.78, 5) is 15.2. The lowest BCUT2D eigenvalue weighted by atomic mass is 9.95. The van der Waals surface area contributed by atoms with Crippen molar-refractivity contribution in [3.8, 4) is 22.8 Å². The van der Waals surface area contributed by atoms with Gasteiger partial charge in [-0.15, -0.1) is 0 Å². The van der Waals surface area contributed by atoms with E-state index in [1.807, 2.05) is 47.4 Å². The van der Waals surface area contributed by atoms with Crippen molar-refractivity contribution in [2.45, 2.75) is 25.8 Å². The van der Waals surface area contributed by atoms with Gasteiger partial charge >= 0.3 is 0 Å². The molecule has 2 aromatic carbocycles. The van der Waals surface area contributed by atoms with E-state index in [-0.39, 0.29) is 11.9 Å². The Morgan fingerprint density at radius 3 is 2.58 bits per heavy atom. The molecule has 0 saturated heterocycles. The van der Waals surface area contributed by atoms with Gasteiger partial charge in [0.05, 0.1) is 25.5 Å². The fourth-order valence-corrected chi connectivity index (χ4v) is 4.29. The van der Waals surface area contributed by atoms with Crippen LogP contribution in [0.5, 0.6) is 11.5 Å². The number of nitrogens with one attached hydrogen (secondary N) is 1. The van der Waals surface area contributed by atoms with Crippen LogP contribution in [0.1, 0.15) is 47.4 Å². The summed E-state index contributed by atoms with van der Waals surface area (Å²) < 4.78 is 16.7. The summed E-state index contributed by atoms with van der Waals surface area (Å²) >= 11 is 6.09. The van der Waals surface area contributed by atoms with Gasteiger partial charge in [0.25, 0.3) is 5.91 Å². The molecule has 1 aromatic heterocycles. The summed E-state index contributed by atoms with van der Waals surface area (Å²) in [5, 5.41) is 8.12. The zero-order valence-electron chi connectivity index (χ0n) is 19.1. The van der Waals surface area contributed by atoms with Gasteiger partial charge in [-0.2, -0.15) is 5.10 Å². The first kappa shape index (κ1) is 23.1. The van der Waals surface area contributed by atoms with Crippen LogP contribution in [0.4, 0.5) is 0 Å². The molecule has 0 radical (unpaired) electrons. The number of hydrogen-bond donors (Lipinski definition) is 1. The quantitative estimate of drug-likeness (QED) is 0.417. The first-order valence-corrected chi connectivity index (χ1v) is 11.4. The molecule has 1 atom stereocenters. The van der Waals surface area contributed by atoms with E-state index in [2.05, 4.69) is 17.1 Å². The van der Waals surface area contributed by atoms with E-state index in [4.69, 9.17) is 25.8 Å². The number of fused-ring (bicyclic) bond motifs is 1. The van der Waals surface area contributed by atoms with Crippen molar-refractivity contribution in [1.29, 1.82) is 0 Å². The number of methoxy groups -OCH3 is 2. The van der Waals surface area contributed by atoms with Gasteiger partial charge in [0.1, 0.15) is 5.69 Å². The van der Waals surface area contributed by atoms with E-state index >= 15 is 0 Å². The van der Waals surface area contributed by atoms with Crippen LogP contribution in [0.2, 0.25) is 5.02 Å². The van der Waals surface area contributed by atoms with Crippen LogP contribution in [0.3, 0.4) is 0 Å². The molecule has 1 amide bonds. The lowest BCUT2D eigenvalue weighted by Crippen LogP contribution is -2.31. The normalized spacial score (nSPS) is 15.1. The molecule has 0 bridgehead atoms. The molecule has 0 aliphatic carbocycles. The van der Waals surface area contributed by atoms with Crippen molar-refractivity contribution in [2.75, 3.05) is 34.0 Å². The Morgan fingerprint density at radius 2 is 1.88 bits per heavy atom. The molecule has 1 aliphatic rings. The number of hydrogen-bond acceptors (Lipinski definition) is 5. The molecular formula is C25H28ClN3O4. The summed E-state index contributed by atoms with van der Waals surface area (Å²) in [6.45, 7) is 3.78. The van der Waals surface area contributed by atoms with Crippen molar-refractivity contribution in [3.63, 3.8) is 0 Å². The standard InChI is InChI=1S/C25H28ClN3O4/c1-4-13-33-19-11-8-17(15-20(19)32-3)24-21-22(16-6-9-18(26)10-7-16)27-28-23(21)25(30)29(24)12-5-14-31-2/h6-11,15,24H,4-5,12-14H2,1-3H3,(H,27,28). The predicted molar refractivity (Wildman–Crippen MR) is 127 cm³/mol. The fourth-order valence-electron chi connectivity index (χ4n) is 4.17. The largest absolute Gasteiger partial charge is 0.493 e. The zero-order valence-corrected chi connectivity index (χ0v) is 19.8. The second kappa shape index (κ2) is 10.3. The average Bonchev–Trinajstić information content (AvgIpc) is 3.37. The van der Waals surface area contributed by atoms with E-state index in [9.17, 15) is 4.79 Å². The molecule has 8 heteroatoms. The second-order valence-electron chi connectivity index (χ2n) is 7.87. The number of halogens is 1. The monoisotopic (exact) mass is 469 g/mol. The molecule has 33 heavy (non-hydrogen) atoms. The molecule has 4 rings (SSSR count). The van der Waals surface area contributed by atoms with Crippen molar-refractivity contribution in [2.24, 2.45) is 0 Å². The molecule has 1 unspecified atom stereocenters. The number of ether oxygens (including phenoxy) is 3. The third-order valence-corrected chi connectivity index (χ3v) is 5.95. The third kappa shape index (κ3) is 4.56. The molecule has 2 heterocycles. The number of rotatable bonds is 10. The minimum Gasteiger partial charge on any atom is -0.493 e. The molecule has 3 aromatic rings. The van der Waals surface area contributed by atoms with Crippen LogP contribution in [-0.4, -0.2) is 55.0 Å². The number of amides is 1. The molecule has 1 aliphatic heterocycles. The minimum absolute atomic E-state index is 0.0795. The van der Waals surface area contributed by atoms with Gasteiger partial charge < -0.3 is 19.1 Å². The molecule has 0 saturated carbocycles. The SMILES string of the molecule is CCCOc1ccc(C2c3c(-c4ccc(Cl)cc4)n[nH]c3C(=O)N2CCCOC)cc1OC. The second-order valence-corrected chi connectivity index (χ2v) is 8.31. The van der Waals surface area contributed by atoms with Gasteiger partial charge in [-0.25, -0.2) is 0 Å². The zero-order chi connectivity index (χ0) is 23.4. The highest BCUT2D eigenvalue weighted by molar-refractivity contribution is 6.30. The van der Waals surface area contributed by atoms with E-state index in [1.54, 1.807) is 14.2 Å². The Bertz CT molecular complexity index is 1110. The third-order valence-electron chi connectivity index (χ3n) is 5.69. The van der Waals surface area contributed by atoms with Gasteiger partial charge in [-0.05, 0) is 42.7 Å². The smallest absolute Gasteiger partial charge is 0.273 e. The number of aromatic nitrogens is 2. The number of carbonyl (C=O) groups excluding carboxylic acids is 1. The van der Waals surface area contributed by atoms with E-state index in [0.717, 1.165) is 35.2 Å². The number of benzene rings is 2. The predicted octanol–water partition coefficient (Wildman–Crippen LogP) is 5.11. The maximum absolute atomic E-state index is 13.4. The molecule has 174 valence electrons. The van der Waals surface area contributed by atoms with E-state index in [1.165, 1.54) is 0 Å². The lowest BCUT2D eigenvalue weighted by Gasteiger charge is -2.27. The Labute approximate surface area is 198 Å². The number of carbonyl (C=O) groups is 1. The van der Waals surface area contributed by atoms with Gasteiger partial charge in [0.2, 0.25) is 0 Å². The Kier molecular flexibility index (Phi) is 7.20. The van der Waals surface area contributed by atoms with Gasteiger partial charge in [-0.1, -0.05) is 36.7 Å². The first-order chi connectivity index (χ1) is 16.1. The van der Waals surface area contributed by atoms with Crippen LogP contribution in [0.25, 0.3) is 11.3 Å². The highest BCUT2D eigenvalue weighted by Gasteiger charge is 2.42. The maximum atomic E-state index is 13.4. The Morgan fingerprint density at radius 1 is 1.09 bits per heavy atom. The van der Waals surface area contributed by atoms with E-state index in [0.29, 0.717) is 42.0 Å².